The number of aryl methyl sites for hydroxylation is 1. The second kappa shape index (κ2) is 5.80. The molecule has 2 N–H and O–H groups in total. The van der Waals surface area contributed by atoms with Gasteiger partial charge in [-0.1, -0.05) is 16.8 Å². The van der Waals surface area contributed by atoms with Gasteiger partial charge in [-0.25, -0.2) is 4.79 Å². The van der Waals surface area contributed by atoms with Gasteiger partial charge in [0.05, 0.1) is 7.11 Å². The fourth-order valence-corrected chi connectivity index (χ4v) is 2.59. The van der Waals surface area contributed by atoms with Gasteiger partial charge >= 0.3 is 5.97 Å². The van der Waals surface area contributed by atoms with Crippen LogP contribution in [0.5, 0.6) is 0 Å². The number of fused-ring (bicyclic) bond motifs is 1. The number of aromatic nitrogens is 3. The molecule has 22 heavy (non-hydrogen) atoms. The molecule has 0 fully saturated rings. The van der Waals surface area contributed by atoms with Crippen LogP contribution in [0.25, 0.3) is 0 Å². The summed E-state index contributed by atoms with van der Waals surface area (Å²) < 4.78 is 9.74. The van der Waals surface area contributed by atoms with Gasteiger partial charge in [-0.15, -0.1) is 0 Å². The first-order chi connectivity index (χ1) is 10.6. The van der Waals surface area contributed by atoms with E-state index in [4.69, 9.17) is 16.1 Å². The molecule has 0 saturated carbocycles. The zero-order chi connectivity index (χ0) is 15.7. The number of carbonyl (C=O) groups is 2. The van der Waals surface area contributed by atoms with Gasteiger partial charge in [0.1, 0.15) is 10.8 Å². The van der Waals surface area contributed by atoms with E-state index in [9.17, 15) is 9.59 Å². The first-order valence-corrected chi connectivity index (χ1v) is 7.10. The molecule has 0 bridgehead atoms. The Morgan fingerprint density at radius 1 is 1.36 bits per heavy atom. The highest BCUT2D eigenvalue weighted by molar-refractivity contribution is 6.36. The maximum absolute atomic E-state index is 12.3. The van der Waals surface area contributed by atoms with E-state index in [2.05, 4.69) is 25.4 Å². The van der Waals surface area contributed by atoms with Gasteiger partial charge in [0.2, 0.25) is 0 Å². The highest BCUT2D eigenvalue weighted by atomic mass is 35.5. The number of anilines is 1. The lowest BCUT2D eigenvalue weighted by Gasteiger charge is -2.08. The molecule has 0 atom stereocenters. The second-order valence-electron chi connectivity index (χ2n) is 4.85. The minimum Gasteiger partial charge on any atom is -0.464 e. The van der Waals surface area contributed by atoms with Crippen LogP contribution in [0.2, 0.25) is 5.02 Å². The Morgan fingerprint density at radius 2 is 2.14 bits per heavy atom. The number of H-pyrrole nitrogens is 1. The molecule has 1 aliphatic rings. The number of nitrogens with one attached hydrogen (secondary N) is 2. The Morgan fingerprint density at radius 3 is 2.91 bits per heavy atom. The normalized spacial score (nSPS) is 13.5. The van der Waals surface area contributed by atoms with Crippen molar-refractivity contribution in [2.75, 3.05) is 12.4 Å². The van der Waals surface area contributed by atoms with Gasteiger partial charge in [0, 0.05) is 12.0 Å². The van der Waals surface area contributed by atoms with Gasteiger partial charge in [-0.05, 0) is 19.3 Å². The molecule has 116 valence electrons. The number of nitrogens with zero attached hydrogens (tertiary/aromatic N) is 2. The molecule has 1 aliphatic carbocycles. The van der Waals surface area contributed by atoms with Crippen LogP contribution in [-0.2, 0) is 17.6 Å². The number of hydrogen-bond donors (Lipinski definition) is 2. The number of ether oxygens (including phenoxy) is 1. The number of esters is 1. The lowest BCUT2D eigenvalue weighted by atomic mass is 9.96. The van der Waals surface area contributed by atoms with E-state index in [0.717, 1.165) is 37.0 Å². The van der Waals surface area contributed by atoms with Crippen LogP contribution in [-0.4, -0.2) is 34.3 Å². The van der Waals surface area contributed by atoms with Crippen molar-refractivity contribution in [1.29, 1.82) is 0 Å². The Bertz CT molecular complexity index is 736. The summed E-state index contributed by atoms with van der Waals surface area (Å²) in [5.41, 5.74) is 1.03. The predicted octanol–water partition coefficient (Wildman–Crippen LogP) is 1.97. The summed E-state index contributed by atoms with van der Waals surface area (Å²) in [6.07, 6.45) is 3.55. The fraction of sp³-hybridized carbons (Fsp3) is 0.385. The third kappa shape index (κ3) is 2.45. The van der Waals surface area contributed by atoms with Crippen LogP contribution >= 0.6 is 11.6 Å². The molecule has 9 heteroatoms. The lowest BCUT2D eigenvalue weighted by molar-refractivity contribution is 0.0594. The molecule has 0 saturated heterocycles. The topological polar surface area (TPSA) is 110 Å². The highest BCUT2D eigenvalue weighted by Crippen LogP contribution is 2.27. The third-order valence-corrected chi connectivity index (χ3v) is 3.86. The van der Waals surface area contributed by atoms with E-state index >= 15 is 0 Å². The summed E-state index contributed by atoms with van der Waals surface area (Å²) in [6.45, 7) is 0. The number of amides is 1. The van der Waals surface area contributed by atoms with Crippen LogP contribution < -0.4 is 5.32 Å². The monoisotopic (exact) mass is 324 g/mol. The van der Waals surface area contributed by atoms with Crippen molar-refractivity contribution in [1.82, 2.24) is 15.4 Å². The molecule has 3 rings (SSSR count). The molecule has 0 radical (unpaired) electrons. The van der Waals surface area contributed by atoms with Crippen LogP contribution in [0.3, 0.4) is 0 Å². The molecular weight excluding hydrogens is 312 g/mol. The standard InChI is InChI=1S/C13H13ClN4O4/c1-21-13(20)10-8(14)11(17-16-10)15-12(19)9-6-4-2-3-5-7(6)22-18-9/h2-5H2,1H3,(H2,15,16,17,19). The largest absolute Gasteiger partial charge is 0.464 e. The number of rotatable bonds is 3. The Kier molecular flexibility index (Phi) is 3.84. The number of halogens is 1. The van der Waals surface area contributed by atoms with E-state index in [-0.39, 0.29) is 22.2 Å². The number of methoxy groups -OCH3 is 1. The zero-order valence-electron chi connectivity index (χ0n) is 11.7. The quantitative estimate of drug-likeness (QED) is 0.835. The summed E-state index contributed by atoms with van der Waals surface area (Å²) in [5.74, 6) is -0.354. The van der Waals surface area contributed by atoms with E-state index < -0.39 is 11.9 Å². The summed E-state index contributed by atoms with van der Waals surface area (Å²) in [7, 11) is 1.22. The minimum absolute atomic E-state index is 0.0161. The predicted molar refractivity (Wildman–Crippen MR) is 76.0 cm³/mol. The van der Waals surface area contributed by atoms with Crippen molar-refractivity contribution in [3.05, 3.63) is 27.7 Å². The number of carbonyl (C=O) groups excluding carboxylic acids is 2. The van der Waals surface area contributed by atoms with E-state index in [1.165, 1.54) is 7.11 Å². The van der Waals surface area contributed by atoms with Crippen molar-refractivity contribution >= 4 is 29.3 Å². The van der Waals surface area contributed by atoms with Crippen molar-refractivity contribution in [2.45, 2.75) is 25.7 Å². The van der Waals surface area contributed by atoms with Gasteiger partial charge < -0.3 is 14.6 Å². The molecule has 0 aliphatic heterocycles. The molecular formula is C13H13ClN4O4. The first-order valence-electron chi connectivity index (χ1n) is 6.72. The van der Waals surface area contributed by atoms with Crippen LogP contribution in [0.4, 0.5) is 5.82 Å². The van der Waals surface area contributed by atoms with Gasteiger partial charge in [0.15, 0.2) is 17.2 Å². The van der Waals surface area contributed by atoms with Crippen LogP contribution in [0.1, 0.15) is 45.1 Å². The van der Waals surface area contributed by atoms with E-state index in [1.807, 2.05) is 0 Å². The molecule has 2 aromatic rings. The molecule has 8 nitrogen and oxygen atoms in total. The average molecular weight is 325 g/mol. The number of aromatic amines is 1. The summed E-state index contributed by atoms with van der Waals surface area (Å²) in [6, 6.07) is 0. The average Bonchev–Trinajstić information content (AvgIpc) is 3.11. The van der Waals surface area contributed by atoms with Crippen molar-refractivity contribution in [3.8, 4) is 0 Å². The van der Waals surface area contributed by atoms with Crippen molar-refractivity contribution in [2.24, 2.45) is 0 Å². The van der Waals surface area contributed by atoms with Crippen molar-refractivity contribution in [3.63, 3.8) is 0 Å². The third-order valence-electron chi connectivity index (χ3n) is 3.49. The zero-order valence-corrected chi connectivity index (χ0v) is 12.5. The first kappa shape index (κ1) is 14.6. The van der Waals surface area contributed by atoms with E-state index in [0.29, 0.717) is 0 Å². The SMILES string of the molecule is COC(=O)c1[nH]nc(NC(=O)c2noc3c2CCCC3)c1Cl. The maximum Gasteiger partial charge on any atom is 0.357 e. The summed E-state index contributed by atoms with van der Waals surface area (Å²) in [5, 5.41) is 12.5. The van der Waals surface area contributed by atoms with Gasteiger partial charge in [0.25, 0.3) is 5.91 Å². The highest BCUT2D eigenvalue weighted by Gasteiger charge is 2.26. The fourth-order valence-electron chi connectivity index (χ4n) is 2.38. The van der Waals surface area contributed by atoms with Gasteiger partial charge in [-0.2, -0.15) is 5.10 Å². The lowest BCUT2D eigenvalue weighted by Crippen LogP contribution is -2.16. The summed E-state index contributed by atoms with van der Waals surface area (Å²) >= 11 is 5.99. The molecule has 1 amide bonds. The Hall–Kier alpha value is -2.35. The maximum atomic E-state index is 12.3. The molecule has 0 aromatic carbocycles. The smallest absolute Gasteiger partial charge is 0.357 e. The van der Waals surface area contributed by atoms with Gasteiger partial charge in [-0.3, -0.25) is 9.89 Å². The second-order valence-corrected chi connectivity index (χ2v) is 5.22. The molecule has 2 heterocycles. The van der Waals surface area contributed by atoms with E-state index in [1.54, 1.807) is 0 Å². The van der Waals surface area contributed by atoms with Crippen molar-refractivity contribution < 1.29 is 18.8 Å². The number of hydrogen-bond acceptors (Lipinski definition) is 6. The van der Waals surface area contributed by atoms with Crippen LogP contribution in [0.15, 0.2) is 4.52 Å². The Labute approximate surface area is 130 Å². The summed E-state index contributed by atoms with van der Waals surface area (Å²) in [4.78, 5) is 23.7. The Balaban J connectivity index is 1.82. The molecule has 2 aromatic heterocycles. The minimum atomic E-state index is -0.670. The molecule has 0 unspecified atom stereocenters. The molecule has 0 spiro atoms. The van der Waals surface area contributed by atoms with Crippen LogP contribution in [0, 0.1) is 0 Å².